The van der Waals surface area contributed by atoms with E-state index in [0.29, 0.717) is 22.6 Å². The van der Waals surface area contributed by atoms with Gasteiger partial charge in [0.2, 0.25) is 0 Å². The average molecular weight is 506 g/mol. The molecule has 2 N–H and O–H groups in total. The minimum atomic E-state index is -0.0861. The second-order valence-corrected chi connectivity index (χ2v) is 10.1. The summed E-state index contributed by atoms with van der Waals surface area (Å²) in [5, 5.41) is 25.8. The van der Waals surface area contributed by atoms with Crippen LogP contribution >= 0.6 is 0 Å². The number of aromatic nitrogens is 3. The molecule has 2 aliphatic heterocycles. The third kappa shape index (κ3) is 5.78. The molecule has 1 spiro atoms. The van der Waals surface area contributed by atoms with Gasteiger partial charge in [0.05, 0.1) is 30.3 Å². The number of hydrogen-bond donors (Lipinski definition) is 2. The van der Waals surface area contributed by atoms with Crippen molar-refractivity contribution in [1.82, 2.24) is 25.0 Å². The highest BCUT2D eigenvalue weighted by Gasteiger charge is 2.46. The van der Waals surface area contributed by atoms with E-state index < -0.39 is 0 Å². The van der Waals surface area contributed by atoms with Crippen molar-refractivity contribution in [2.45, 2.75) is 39.7 Å². The predicted molar refractivity (Wildman–Crippen MR) is 141 cm³/mol. The highest BCUT2D eigenvalue weighted by Crippen LogP contribution is 2.41. The van der Waals surface area contributed by atoms with Crippen molar-refractivity contribution >= 4 is 23.6 Å². The Morgan fingerprint density at radius 1 is 1.32 bits per heavy atom. The Kier molecular flexibility index (Phi) is 7.83. The summed E-state index contributed by atoms with van der Waals surface area (Å²) in [5.41, 5.74) is 2.62. The molecule has 4 heterocycles. The van der Waals surface area contributed by atoms with Gasteiger partial charge in [-0.2, -0.15) is 10.4 Å². The summed E-state index contributed by atoms with van der Waals surface area (Å²) in [6.07, 6.45) is 7.00. The number of carbonyl (C=O) groups excluding carboxylic acids is 1. The van der Waals surface area contributed by atoms with Crippen molar-refractivity contribution in [3.8, 4) is 6.07 Å². The lowest BCUT2D eigenvalue weighted by molar-refractivity contribution is 0.0106. The molecule has 10 nitrogen and oxygen atoms in total. The average Bonchev–Trinajstić information content (AvgIpc) is 3.27. The molecule has 37 heavy (non-hydrogen) atoms. The van der Waals surface area contributed by atoms with Gasteiger partial charge in [-0.25, -0.2) is 14.5 Å². The van der Waals surface area contributed by atoms with Crippen LogP contribution in [0.4, 0.5) is 10.6 Å². The van der Waals surface area contributed by atoms with Crippen molar-refractivity contribution in [1.29, 1.82) is 5.26 Å². The number of anilines is 1. The lowest BCUT2D eigenvalue weighted by Crippen LogP contribution is -2.64. The van der Waals surface area contributed by atoms with E-state index in [4.69, 9.17) is 14.8 Å². The molecule has 4 rings (SSSR count). The van der Waals surface area contributed by atoms with Crippen LogP contribution in [0.1, 0.15) is 50.4 Å². The van der Waals surface area contributed by atoms with Gasteiger partial charge in [-0.1, -0.05) is 6.58 Å². The number of carbonyl (C=O) groups is 1. The van der Waals surface area contributed by atoms with E-state index in [1.807, 2.05) is 30.9 Å². The Labute approximate surface area is 217 Å². The summed E-state index contributed by atoms with van der Waals surface area (Å²) >= 11 is 0. The Morgan fingerprint density at radius 2 is 2.05 bits per heavy atom. The molecule has 0 aliphatic carbocycles. The fraction of sp³-hybridized carbons (Fsp3) is 0.481. The molecular formula is C27H35N7O3. The quantitative estimate of drug-likeness (QED) is 0.529. The Bertz CT molecular complexity index is 1190. The molecule has 0 unspecified atom stereocenters. The van der Waals surface area contributed by atoms with Crippen molar-refractivity contribution in [2.75, 3.05) is 44.3 Å². The molecule has 0 bridgehead atoms. The molecule has 196 valence electrons. The van der Waals surface area contributed by atoms with Crippen LogP contribution in [0.2, 0.25) is 0 Å². The zero-order valence-electron chi connectivity index (χ0n) is 21.8. The molecule has 2 amide bonds. The highest BCUT2D eigenvalue weighted by molar-refractivity contribution is 5.80. The van der Waals surface area contributed by atoms with Gasteiger partial charge in [-0.3, -0.25) is 0 Å². The number of hydrogen-bond acceptors (Lipinski definition) is 7. The smallest absolute Gasteiger partial charge is 0.317 e. The number of piperidine rings is 1. The molecule has 0 aromatic carbocycles. The minimum Gasteiger partial charge on any atom is -0.494 e. The topological polar surface area (TPSA) is 120 Å². The van der Waals surface area contributed by atoms with E-state index in [2.05, 4.69) is 28.0 Å². The summed E-state index contributed by atoms with van der Waals surface area (Å²) in [7, 11) is 0. The van der Waals surface area contributed by atoms with Crippen LogP contribution in [0.3, 0.4) is 0 Å². The van der Waals surface area contributed by atoms with E-state index in [-0.39, 0.29) is 30.7 Å². The predicted octanol–water partition coefficient (Wildman–Crippen LogP) is 3.06. The van der Waals surface area contributed by atoms with Crippen LogP contribution in [0.25, 0.3) is 11.8 Å². The standard InChI is InChI=1S/C27H35N7O3/c1-19(2)31-26(36)33-17-27(18-33)7-9-32(10-8-27)24-6-5-22(14-29-24)21(4)25-23(13-28)15-30-34(25)16-20(3)37-12-11-35/h5-6,14-16,19,35H,4,7-12,17-18H2,1-3H3,(H,31,36)/b20-16+. The second-order valence-electron chi connectivity index (χ2n) is 10.1. The number of nitriles is 1. The molecule has 2 aromatic rings. The van der Waals surface area contributed by atoms with Gasteiger partial charge in [0.15, 0.2) is 0 Å². The maximum Gasteiger partial charge on any atom is 0.317 e. The first-order valence-corrected chi connectivity index (χ1v) is 12.6. The molecule has 0 radical (unpaired) electrons. The summed E-state index contributed by atoms with van der Waals surface area (Å²) < 4.78 is 6.98. The van der Waals surface area contributed by atoms with Crippen LogP contribution in [0, 0.1) is 16.7 Å². The number of ether oxygens (including phenoxy) is 1. The van der Waals surface area contributed by atoms with E-state index in [9.17, 15) is 10.1 Å². The van der Waals surface area contributed by atoms with E-state index in [1.54, 1.807) is 24.0 Å². The number of likely N-dealkylation sites (tertiary alicyclic amines) is 1. The second kappa shape index (κ2) is 11.0. The summed E-state index contributed by atoms with van der Waals surface area (Å²) in [6, 6.07) is 6.30. The molecule has 2 saturated heterocycles. The van der Waals surface area contributed by atoms with Crippen LogP contribution in [-0.4, -0.2) is 76.2 Å². The third-order valence-corrected chi connectivity index (χ3v) is 6.92. The summed E-state index contributed by atoms with van der Waals surface area (Å²) in [4.78, 5) is 21.1. The first-order valence-electron chi connectivity index (χ1n) is 12.6. The Hall–Kier alpha value is -3.84. The zero-order valence-corrected chi connectivity index (χ0v) is 21.8. The van der Waals surface area contributed by atoms with Gasteiger partial charge in [-0.05, 0) is 45.7 Å². The number of rotatable bonds is 8. The monoisotopic (exact) mass is 505 g/mol. The van der Waals surface area contributed by atoms with Crippen molar-refractivity contribution in [3.05, 3.63) is 53.7 Å². The normalized spacial score (nSPS) is 16.9. The Balaban J connectivity index is 1.39. The van der Waals surface area contributed by atoms with Crippen LogP contribution in [-0.2, 0) is 4.74 Å². The minimum absolute atomic E-state index is 0.0322. The van der Waals surface area contributed by atoms with Crippen LogP contribution in [0.5, 0.6) is 0 Å². The Morgan fingerprint density at radius 3 is 2.65 bits per heavy atom. The van der Waals surface area contributed by atoms with Crippen molar-refractivity contribution < 1.29 is 14.6 Å². The fourth-order valence-corrected chi connectivity index (χ4v) is 4.92. The molecule has 2 aromatic heterocycles. The first-order chi connectivity index (χ1) is 17.7. The summed E-state index contributed by atoms with van der Waals surface area (Å²) in [5.74, 6) is 1.46. The fourth-order valence-electron chi connectivity index (χ4n) is 4.92. The lowest BCUT2D eigenvalue weighted by Gasteiger charge is -2.54. The molecular weight excluding hydrogens is 470 g/mol. The van der Waals surface area contributed by atoms with Gasteiger partial charge < -0.3 is 25.0 Å². The zero-order chi connectivity index (χ0) is 26.6. The number of nitrogens with zero attached hydrogens (tertiary/aromatic N) is 6. The van der Waals surface area contributed by atoms with Crippen LogP contribution in [0.15, 0.2) is 36.9 Å². The van der Waals surface area contributed by atoms with Crippen LogP contribution < -0.4 is 10.2 Å². The molecule has 2 fully saturated rings. The van der Waals surface area contributed by atoms with E-state index in [0.717, 1.165) is 50.4 Å². The lowest BCUT2D eigenvalue weighted by atomic mass is 9.72. The molecule has 2 aliphatic rings. The van der Waals surface area contributed by atoms with E-state index >= 15 is 0 Å². The largest absolute Gasteiger partial charge is 0.494 e. The highest BCUT2D eigenvalue weighted by atomic mass is 16.5. The summed E-state index contributed by atoms with van der Waals surface area (Å²) in [6.45, 7) is 13.5. The van der Waals surface area contributed by atoms with E-state index in [1.165, 1.54) is 6.20 Å². The molecule has 0 atom stereocenters. The number of allylic oxidation sites excluding steroid dienone is 1. The number of aliphatic hydroxyl groups excluding tert-OH is 1. The number of urea groups is 1. The molecule has 10 heteroatoms. The van der Waals surface area contributed by atoms with Crippen molar-refractivity contribution in [3.63, 3.8) is 0 Å². The third-order valence-electron chi connectivity index (χ3n) is 6.92. The van der Waals surface area contributed by atoms with Gasteiger partial charge in [0.1, 0.15) is 24.3 Å². The van der Waals surface area contributed by atoms with Gasteiger partial charge in [-0.15, -0.1) is 0 Å². The molecule has 0 saturated carbocycles. The van der Waals surface area contributed by atoms with Gasteiger partial charge in [0.25, 0.3) is 0 Å². The SMILES string of the molecule is C=C(c1ccc(N2CCC3(CC2)CN(C(=O)NC(C)C)C3)nc1)c1c(C#N)cnn1/C=C(\C)OCCO. The van der Waals surface area contributed by atoms with Gasteiger partial charge in [0, 0.05) is 55.0 Å². The maximum absolute atomic E-state index is 12.2. The number of nitrogens with one attached hydrogen (secondary N) is 1. The van der Waals surface area contributed by atoms with Gasteiger partial charge >= 0.3 is 6.03 Å². The van der Waals surface area contributed by atoms with Crippen molar-refractivity contribution in [2.24, 2.45) is 5.41 Å². The number of aliphatic hydroxyl groups is 1. The first kappa shape index (κ1) is 26.2. The maximum atomic E-state index is 12.2. The number of amides is 2. The number of pyridine rings is 1.